The number of benzene rings is 2. The molecule has 0 spiro atoms. The first-order valence-electron chi connectivity index (χ1n) is 12.4. The highest BCUT2D eigenvalue weighted by Crippen LogP contribution is 2.39. The first-order valence-corrected chi connectivity index (χ1v) is 14.2. The molecule has 2 aromatic carbocycles. The second kappa shape index (κ2) is 12.2. The first-order chi connectivity index (χ1) is 16.9. The van der Waals surface area contributed by atoms with E-state index in [0.717, 1.165) is 32.1 Å². The molecule has 0 aliphatic heterocycles. The fourth-order valence-corrected chi connectivity index (χ4v) is 5.65. The number of carbonyl (C=O) groups is 2. The van der Waals surface area contributed by atoms with Crippen LogP contribution in [-0.4, -0.2) is 52.2 Å². The zero-order valence-electron chi connectivity index (χ0n) is 21.4. The van der Waals surface area contributed by atoms with E-state index < -0.39 is 7.60 Å². The van der Waals surface area contributed by atoms with E-state index in [4.69, 9.17) is 9.79 Å². The Morgan fingerprint density at radius 1 is 1.00 bits per heavy atom. The number of aryl methyl sites for hydroxylation is 1. The average Bonchev–Trinajstić information content (AvgIpc) is 2.79. The largest absolute Gasteiger partial charge is 0.353 e. The van der Waals surface area contributed by atoms with Crippen LogP contribution in [0.5, 0.6) is 0 Å². The Morgan fingerprint density at radius 3 is 2.22 bits per heavy atom. The summed E-state index contributed by atoms with van der Waals surface area (Å²) >= 11 is 0. The normalized spacial score (nSPS) is 20.2. The second-order valence-corrected chi connectivity index (χ2v) is 11.8. The van der Waals surface area contributed by atoms with Crippen molar-refractivity contribution in [1.29, 1.82) is 0 Å². The highest BCUT2D eigenvalue weighted by atomic mass is 31.2. The van der Waals surface area contributed by atoms with Crippen LogP contribution in [0.1, 0.15) is 55.2 Å². The van der Waals surface area contributed by atoms with Crippen LogP contribution in [0.2, 0.25) is 0 Å². The van der Waals surface area contributed by atoms with Gasteiger partial charge in [0.15, 0.2) is 0 Å². The van der Waals surface area contributed by atoms with E-state index in [1.54, 1.807) is 24.3 Å². The molecule has 1 aliphatic rings. The lowest BCUT2D eigenvalue weighted by Gasteiger charge is -2.45. The van der Waals surface area contributed by atoms with Crippen LogP contribution < -0.4 is 10.6 Å². The van der Waals surface area contributed by atoms with Crippen molar-refractivity contribution in [2.45, 2.75) is 69.6 Å². The highest BCUT2D eigenvalue weighted by molar-refractivity contribution is 7.50. The molecule has 0 aromatic heterocycles. The standard InChI is InChI=1S/C27H38N3O5P/c1-20-5-4-6-22(17-20)18-27(30(2)3)15-13-24(14-16-27)29-26(32)12-11-25(31)28-23-9-7-21(8-10-23)19-36(33,34)35/h4-10,17,24H,11-16,18-19H2,1-3H3,(H,28,31)(H,29,32)(H2,33,34,35). The number of hydrogen-bond acceptors (Lipinski definition) is 4. The number of nitrogens with one attached hydrogen (secondary N) is 2. The van der Waals surface area contributed by atoms with Crippen LogP contribution in [-0.2, 0) is 26.7 Å². The maximum atomic E-state index is 12.5. The minimum absolute atomic E-state index is 0.0672. The number of likely N-dealkylation sites (N-methyl/N-ethyl adjacent to an activating group) is 1. The van der Waals surface area contributed by atoms with Crippen molar-refractivity contribution in [2.75, 3.05) is 19.4 Å². The van der Waals surface area contributed by atoms with Crippen LogP contribution >= 0.6 is 7.60 Å². The third-order valence-electron chi connectivity index (χ3n) is 7.05. The third kappa shape index (κ3) is 8.56. The second-order valence-electron chi connectivity index (χ2n) is 10.2. The smallest absolute Gasteiger partial charge is 0.329 e. The quantitative estimate of drug-likeness (QED) is 0.355. The highest BCUT2D eigenvalue weighted by Gasteiger charge is 2.37. The van der Waals surface area contributed by atoms with Gasteiger partial charge in [-0.25, -0.2) is 0 Å². The SMILES string of the molecule is Cc1cccc(CC2(N(C)C)CCC(NC(=O)CCC(=O)Nc3ccc(CP(=O)(O)O)cc3)CC2)c1. The van der Waals surface area contributed by atoms with Crippen molar-refractivity contribution in [2.24, 2.45) is 0 Å². The summed E-state index contributed by atoms with van der Waals surface area (Å²) in [5.41, 5.74) is 3.70. The zero-order valence-corrected chi connectivity index (χ0v) is 22.3. The molecule has 0 radical (unpaired) electrons. The summed E-state index contributed by atoms with van der Waals surface area (Å²) in [6.07, 6.45) is 4.63. The number of nitrogens with zero attached hydrogens (tertiary/aromatic N) is 1. The van der Waals surface area contributed by atoms with E-state index in [9.17, 15) is 14.2 Å². The summed E-state index contributed by atoms with van der Waals surface area (Å²) in [4.78, 5) is 45.2. The predicted molar refractivity (Wildman–Crippen MR) is 142 cm³/mol. The van der Waals surface area contributed by atoms with Crippen molar-refractivity contribution in [3.05, 3.63) is 65.2 Å². The van der Waals surface area contributed by atoms with Gasteiger partial charge in [0, 0.05) is 30.1 Å². The molecule has 0 bridgehead atoms. The Morgan fingerprint density at radius 2 is 1.64 bits per heavy atom. The maximum absolute atomic E-state index is 12.5. The van der Waals surface area contributed by atoms with E-state index in [2.05, 4.69) is 60.8 Å². The van der Waals surface area contributed by atoms with Crippen LogP contribution in [0.25, 0.3) is 0 Å². The van der Waals surface area contributed by atoms with Crippen molar-refractivity contribution in [1.82, 2.24) is 10.2 Å². The fraction of sp³-hybridized carbons (Fsp3) is 0.481. The molecule has 2 amide bonds. The number of carbonyl (C=O) groups excluding carboxylic acids is 2. The number of rotatable bonds is 10. The lowest BCUT2D eigenvalue weighted by atomic mass is 9.74. The summed E-state index contributed by atoms with van der Waals surface area (Å²) in [5.74, 6) is -0.399. The molecule has 0 unspecified atom stereocenters. The van der Waals surface area contributed by atoms with Gasteiger partial charge in [-0.2, -0.15) is 0 Å². The molecule has 0 saturated heterocycles. The van der Waals surface area contributed by atoms with Crippen molar-refractivity contribution in [3.8, 4) is 0 Å². The number of anilines is 1. The van der Waals surface area contributed by atoms with Gasteiger partial charge in [-0.3, -0.25) is 14.2 Å². The van der Waals surface area contributed by atoms with Crippen molar-refractivity contribution >= 4 is 25.1 Å². The van der Waals surface area contributed by atoms with E-state index in [0.29, 0.717) is 11.3 Å². The van der Waals surface area contributed by atoms with Gasteiger partial charge in [-0.1, -0.05) is 42.0 Å². The lowest BCUT2D eigenvalue weighted by molar-refractivity contribution is -0.125. The number of amides is 2. The topological polar surface area (TPSA) is 119 Å². The predicted octanol–water partition coefficient (Wildman–Crippen LogP) is 3.99. The fourth-order valence-electron chi connectivity index (χ4n) is 4.97. The maximum Gasteiger partial charge on any atom is 0.329 e. The summed E-state index contributed by atoms with van der Waals surface area (Å²) in [6, 6.07) is 15.1. The molecule has 3 rings (SSSR count). The van der Waals surface area contributed by atoms with E-state index in [1.165, 1.54) is 11.1 Å². The van der Waals surface area contributed by atoms with Gasteiger partial charge in [0.05, 0.1) is 6.16 Å². The molecule has 1 fully saturated rings. The summed E-state index contributed by atoms with van der Waals surface area (Å²) < 4.78 is 11.1. The Balaban J connectivity index is 1.43. The zero-order chi connectivity index (χ0) is 26.3. The minimum Gasteiger partial charge on any atom is -0.353 e. The Hall–Kier alpha value is -2.51. The summed E-state index contributed by atoms with van der Waals surface area (Å²) in [6.45, 7) is 2.12. The summed E-state index contributed by atoms with van der Waals surface area (Å²) in [7, 11) is 0.143. The van der Waals surface area contributed by atoms with Gasteiger partial charge < -0.3 is 25.3 Å². The van der Waals surface area contributed by atoms with Crippen LogP contribution in [0.15, 0.2) is 48.5 Å². The van der Waals surface area contributed by atoms with Crippen LogP contribution in [0.3, 0.4) is 0 Å². The molecule has 1 aliphatic carbocycles. The molecule has 8 nitrogen and oxygen atoms in total. The van der Waals surface area contributed by atoms with Crippen LogP contribution in [0, 0.1) is 6.92 Å². The minimum atomic E-state index is -4.13. The molecule has 0 atom stereocenters. The monoisotopic (exact) mass is 515 g/mol. The van der Waals surface area contributed by atoms with Gasteiger partial charge in [0.2, 0.25) is 11.8 Å². The van der Waals surface area contributed by atoms with E-state index in [-0.39, 0.29) is 42.4 Å². The van der Waals surface area contributed by atoms with Crippen molar-refractivity contribution < 1.29 is 23.9 Å². The first kappa shape index (κ1) is 28.1. The van der Waals surface area contributed by atoms with Crippen molar-refractivity contribution in [3.63, 3.8) is 0 Å². The van der Waals surface area contributed by atoms with E-state index in [1.807, 2.05) is 0 Å². The molecule has 36 heavy (non-hydrogen) atoms. The molecular formula is C27H38N3O5P. The van der Waals surface area contributed by atoms with Crippen LogP contribution in [0.4, 0.5) is 5.69 Å². The Kier molecular flexibility index (Phi) is 9.47. The van der Waals surface area contributed by atoms with Gasteiger partial charge in [-0.05, 0) is 76.4 Å². The Bertz CT molecular complexity index is 1090. The molecular weight excluding hydrogens is 477 g/mol. The van der Waals surface area contributed by atoms with Gasteiger partial charge in [-0.15, -0.1) is 0 Å². The summed E-state index contributed by atoms with van der Waals surface area (Å²) in [5, 5.41) is 5.83. The van der Waals surface area contributed by atoms with Gasteiger partial charge in [0.1, 0.15) is 0 Å². The molecule has 9 heteroatoms. The molecule has 4 N–H and O–H groups in total. The Labute approximate surface area is 213 Å². The average molecular weight is 516 g/mol. The lowest BCUT2D eigenvalue weighted by Crippen LogP contribution is -2.52. The molecule has 2 aromatic rings. The third-order valence-corrected chi connectivity index (χ3v) is 7.83. The number of hydrogen-bond donors (Lipinski definition) is 4. The van der Waals surface area contributed by atoms with E-state index >= 15 is 0 Å². The molecule has 196 valence electrons. The molecule has 0 heterocycles. The van der Waals surface area contributed by atoms with Gasteiger partial charge in [0.25, 0.3) is 0 Å². The van der Waals surface area contributed by atoms with Gasteiger partial charge >= 0.3 is 7.60 Å². The molecule has 1 saturated carbocycles.